The van der Waals surface area contributed by atoms with E-state index in [2.05, 4.69) is 216 Å². The minimum atomic E-state index is 1.06. The third-order valence-corrected chi connectivity index (χ3v) is 10.8. The van der Waals surface area contributed by atoms with E-state index in [-0.39, 0.29) is 0 Å². The Bertz CT molecular complexity index is 2810. The Balaban J connectivity index is 1.17. The van der Waals surface area contributed by atoms with Crippen LogP contribution in [0.1, 0.15) is 17.5 Å². The number of para-hydroxylation sites is 3. The lowest BCUT2D eigenvalue weighted by molar-refractivity contribution is 0.997. The Hall–Kier alpha value is -6.90. The van der Waals surface area contributed by atoms with Crippen LogP contribution in [0.2, 0.25) is 0 Å². The number of hydrogen-bond acceptors (Lipinski definition) is 1. The molecule has 0 radical (unpaired) electrons. The summed E-state index contributed by atoms with van der Waals surface area (Å²) < 4.78 is 2.48. The third-order valence-electron chi connectivity index (χ3n) is 10.8. The summed E-state index contributed by atoms with van der Waals surface area (Å²) in [5.41, 5.74) is 16.9. The first-order chi connectivity index (χ1) is 26.8. The van der Waals surface area contributed by atoms with Gasteiger partial charge in [-0.2, -0.15) is 0 Å². The Morgan fingerprint density at radius 2 is 1.13 bits per heavy atom. The molecule has 2 heteroatoms. The van der Waals surface area contributed by atoms with Gasteiger partial charge in [-0.25, -0.2) is 0 Å². The summed E-state index contributed by atoms with van der Waals surface area (Å²) in [6.45, 7) is 0. The summed E-state index contributed by atoms with van der Waals surface area (Å²) in [4.78, 5) is 2.41. The fourth-order valence-electron chi connectivity index (χ4n) is 8.39. The van der Waals surface area contributed by atoms with Crippen molar-refractivity contribution >= 4 is 44.9 Å². The molecule has 1 heterocycles. The highest BCUT2D eigenvalue weighted by Gasteiger charge is 2.22. The second-order valence-electron chi connectivity index (χ2n) is 14.0. The monoisotopic (exact) mass is 690 g/mol. The van der Waals surface area contributed by atoms with Gasteiger partial charge in [0.1, 0.15) is 0 Å². The maximum atomic E-state index is 2.48. The summed E-state index contributed by atoms with van der Waals surface area (Å²) in [5, 5.41) is 2.68. The van der Waals surface area contributed by atoms with Gasteiger partial charge in [-0.15, -0.1) is 0 Å². The van der Waals surface area contributed by atoms with E-state index in [1.807, 2.05) is 0 Å². The first-order valence-electron chi connectivity index (χ1n) is 18.8. The fourth-order valence-corrected chi connectivity index (χ4v) is 8.39. The Morgan fingerprint density at radius 1 is 0.444 bits per heavy atom. The second kappa shape index (κ2) is 13.6. The number of nitrogens with zero attached hydrogens (tertiary/aromatic N) is 2. The molecule has 10 rings (SSSR count). The van der Waals surface area contributed by atoms with Crippen molar-refractivity contribution in [1.82, 2.24) is 4.57 Å². The quantitative estimate of drug-likeness (QED) is 0.162. The summed E-state index contributed by atoms with van der Waals surface area (Å²) in [5.74, 6) is 0. The molecule has 1 aromatic heterocycles. The molecule has 0 spiro atoms. The van der Waals surface area contributed by atoms with Crippen LogP contribution in [0.3, 0.4) is 0 Å². The van der Waals surface area contributed by atoms with Crippen molar-refractivity contribution in [3.63, 3.8) is 0 Å². The van der Waals surface area contributed by atoms with Crippen LogP contribution < -0.4 is 4.90 Å². The van der Waals surface area contributed by atoms with Crippen LogP contribution >= 0.6 is 0 Å². The Labute approximate surface area is 316 Å². The summed E-state index contributed by atoms with van der Waals surface area (Å²) in [7, 11) is 0. The first kappa shape index (κ1) is 31.8. The van der Waals surface area contributed by atoms with E-state index in [0.717, 1.165) is 35.5 Å². The molecule has 9 aromatic rings. The maximum absolute atomic E-state index is 2.48. The smallest absolute Gasteiger partial charge is 0.0544 e. The van der Waals surface area contributed by atoms with Crippen LogP contribution in [0.15, 0.2) is 200 Å². The molecule has 256 valence electrons. The van der Waals surface area contributed by atoms with Gasteiger partial charge in [0.25, 0.3) is 0 Å². The van der Waals surface area contributed by atoms with Crippen molar-refractivity contribution in [2.45, 2.75) is 12.8 Å². The highest BCUT2D eigenvalue weighted by atomic mass is 15.1. The molecular formula is C52H38N2. The molecular weight excluding hydrogens is 653 g/mol. The highest BCUT2D eigenvalue weighted by Crippen LogP contribution is 2.45. The number of aromatic nitrogens is 1. The number of hydrogen-bond donors (Lipinski definition) is 0. The van der Waals surface area contributed by atoms with Gasteiger partial charge < -0.3 is 9.47 Å². The molecule has 0 aliphatic heterocycles. The van der Waals surface area contributed by atoms with Gasteiger partial charge in [0.15, 0.2) is 0 Å². The number of aryl methyl sites for hydroxylation is 1. The van der Waals surface area contributed by atoms with Gasteiger partial charge in [-0.05, 0) is 101 Å². The molecule has 54 heavy (non-hydrogen) atoms. The van der Waals surface area contributed by atoms with E-state index in [9.17, 15) is 0 Å². The van der Waals surface area contributed by atoms with E-state index in [1.54, 1.807) is 0 Å². The van der Waals surface area contributed by atoms with E-state index in [1.165, 1.54) is 66.4 Å². The molecule has 2 nitrogen and oxygen atoms in total. The van der Waals surface area contributed by atoms with E-state index in [0.29, 0.717) is 0 Å². The normalized spacial score (nSPS) is 12.2. The molecule has 0 amide bonds. The lowest BCUT2D eigenvalue weighted by Crippen LogP contribution is -2.11. The molecule has 0 unspecified atom stereocenters. The van der Waals surface area contributed by atoms with Gasteiger partial charge in [0, 0.05) is 33.3 Å². The average Bonchev–Trinajstić information content (AvgIpc) is 3.60. The van der Waals surface area contributed by atoms with Crippen LogP contribution in [-0.2, 0) is 6.42 Å². The number of rotatable bonds is 7. The zero-order chi connectivity index (χ0) is 35.8. The summed E-state index contributed by atoms with van der Waals surface area (Å²) >= 11 is 0. The van der Waals surface area contributed by atoms with Crippen molar-refractivity contribution in [1.29, 1.82) is 0 Å². The topological polar surface area (TPSA) is 8.17 Å². The van der Waals surface area contributed by atoms with Gasteiger partial charge in [0.2, 0.25) is 0 Å². The van der Waals surface area contributed by atoms with Crippen molar-refractivity contribution in [3.8, 4) is 39.1 Å². The van der Waals surface area contributed by atoms with E-state index in [4.69, 9.17) is 0 Å². The number of fused-ring (bicyclic) bond motifs is 5. The van der Waals surface area contributed by atoms with Gasteiger partial charge in [0.05, 0.1) is 22.4 Å². The Morgan fingerprint density at radius 3 is 1.96 bits per heavy atom. The van der Waals surface area contributed by atoms with E-state index < -0.39 is 0 Å². The second-order valence-corrected chi connectivity index (χ2v) is 14.0. The van der Waals surface area contributed by atoms with Gasteiger partial charge in [-0.3, -0.25) is 0 Å². The number of allylic oxidation sites excluding steroid dienone is 1. The zero-order valence-corrected chi connectivity index (χ0v) is 29.9. The molecule has 0 atom stereocenters. The summed E-state index contributed by atoms with van der Waals surface area (Å²) in [6.07, 6.45) is 6.73. The van der Waals surface area contributed by atoms with E-state index >= 15 is 0 Å². The highest BCUT2D eigenvalue weighted by molar-refractivity contribution is 6.12. The van der Waals surface area contributed by atoms with Crippen molar-refractivity contribution in [2.75, 3.05) is 4.90 Å². The SMILES string of the molecule is C1=Cc2ccc3c(c2CC1)c1ccccc1n3-c1ccccc1-c1cccc(N(c2ccccc2)c2ccc(-c3ccccc3)cc2-c2ccccc2)c1. The molecule has 1 aliphatic carbocycles. The van der Waals surface area contributed by atoms with Crippen LogP contribution in [0.4, 0.5) is 17.1 Å². The van der Waals surface area contributed by atoms with Crippen molar-refractivity contribution < 1.29 is 0 Å². The van der Waals surface area contributed by atoms with Crippen LogP contribution in [0.25, 0.3) is 66.9 Å². The largest absolute Gasteiger partial charge is 0.310 e. The first-order valence-corrected chi connectivity index (χ1v) is 18.8. The Kier molecular flexibility index (Phi) is 8.00. The molecule has 0 saturated carbocycles. The molecule has 1 aliphatic rings. The number of benzene rings is 8. The summed E-state index contributed by atoms with van der Waals surface area (Å²) in [6, 6.07) is 70.5. The average molecular weight is 691 g/mol. The van der Waals surface area contributed by atoms with Crippen LogP contribution in [-0.4, -0.2) is 4.57 Å². The van der Waals surface area contributed by atoms with Crippen molar-refractivity contribution in [3.05, 3.63) is 211 Å². The van der Waals surface area contributed by atoms with Crippen LogP contribution in [0.5, 0.6) is 0 Å². The van der Waals surface area contributed by atoms with Crippen LogP contribution in [0, 0.1) is 0 Å². The van der Waals surface area contributed by atoms with Gasteiger partial charge >= 0.3 is 0 Å². The fraction of sp³-hybridized carbons (Fsp3) is 0.0385. The molecule has 8 aromatic carbocycles. The predicted molar refractivity (Wildman–Crippen MR) is 229 cm³/mol. The zero-order valence-electron chi connectivity index (χ0n) is 29.9. The van der Waals surface area contributed by atoms with Gasteiger partial charge in [-0.1, -0.05) is 152 Å². The predicted octanol–water partition coefficient (Wildman–Crippen LogP) is 14.2. The molecule has 0 saturated heterocycles. The lowest BCUT2D eigenvalue weighted by atomic mass is 9.93. The molecule has 0 bridgehead atoms. The maximum Gasteiger partial charge on any atom is 0.0544 e. The lowest BCUT2D eigenvalue weighted by Gasteiger charge is -2.29. The minimum Gasteiger partial charge on any atom is -0.310 e. The number of anilines is 3. The third kappa shape index (κ3) is 5.52. The minimum absolute atomic E-state index is 1.06. The van der Waals surface area contributed by atoms with Crippen molar-refractivity contribution in [2.24, 2.45) is 0 Å². The standard InChI is InChI=1S/C52H38N2/c1-4-17-37(18-5-1)40-32-33-50(47(36-40)38-19-6-2-7-20-38)53(42-23-8-3-9-24-42)43-25-16-22-41(35-43)44-26-12-14-29-48(44)54-49-30-15-13-28-46(49)52-45-27-11-10-21-39(45)31-34-51(52)54/h1-10,12-26,28-36H,11,27H2. The molecule has 0 N–H and O–H groups in total. The molecule has 0 fully saturated rings.